The van der Waals surface area contributed by atoms with Gasteiger partial charge in [0.2, 0.25) is 0 Å². The van der Waals surface area contributed by atoms with Gasteiger partial charge in [0.1, 0.15) is 12.2 Å². The van der Waals surface area contributed by atoms with E-state index in [-0.39, 0.29) is 58.3 Å². The van der Waals surface area contributed by atoms with Crippen molar-refractivity contribution in [2.45, 2.75) is 19.9 Å². The number of nitrogens with zero attached hydrogens (tertiary/aromatic N) is 3. The number of halogens is 4. The number of aromatic nitrogens is 3. The van der Waals surface area contributed by atoms with Crippen LogP contribution in [0.4, 0.5) is 17.6 Å². The number of aryl methyl sites for hydroxylation is 1. The third kappa shape index (κ3) is 5.83. The van der Waals surface area contributed by atoms with E-state index in [2.05, 4.69) is 9.97 Å². The summed E-state index contributed by atoms with van der Waals surface area (Å²) in [6.07, 6.45) is 2.39. The van der Waals surface area contributed by atoms with Crippen molar-refractivity contribution >= 4 is 16.8 Å². The molecule has 3 heterocycles. The lowest BCUT2D eigenvalue weighted by atomic mass is 9.97. The Balaban J connectivity index is 1.46. The monoisotopic (exact) mass is 607 g/mol. The highest BCUT2D eigenvalue weighted by molar-refractivity contribution is 5.99. The Bertz CT molecular complexity index is 1960. The molecule has 0 aliphatic rings. The first-order chi connectivity index (χ1) is 21.1. The van der Waals surface area contributed by atoms with E-state index >= 15 is 4.39 Å². The first-order valence-electron chi connectivity index (χ1n) is 13.3. The molecule has 0 amide bonds. The number of rotatable bonds is 10. The number of carbonyl (C=O) groups excluding carboxylic acids is 1. The minimum Gasteiger partial charge on any atom is -0.491 e. The molecule has 0 aliphatic heterocycles. The van der Waals surface area contributed by atoms with Crippen molar-refractivity contribution in [3.8, 4) is 34.3 Å². The van der Waals surface area contributed by atoms with Crippen LogP contribution in [0, 0.1) is 24.4 Å². The SMILES string of the molecule is COc1cc2nccc(Oc3ccc(CC(=O)c4c(C)n(CCF)cc(-c5ccc(F)c(F)c5)c4=O)cc3F)c2nc1OC. The molecule has 226 valence electrons. The maximum atomic E-state index is 15.2. The summed E-state index contributed by atoms with van der Waals surface area (Å²) < 4.78 is 73.7. The number of benzene rings is 2. The predicted molar refractivity (Wildman–Crippen MR) is 154 cm³/mol. The van der Waals surface area contributed by atoms with Crippen LogP contribution in [0.15, 0.2) is 65.7 Å². The van der Waals surface area contributed by atoms with E-state index in [0.717, 1.165) is 18.2 Å². The first-order valence-corrected chi connectivity index (χ1v) is 13.3. The summed E-state index contributed by atoms with van der Waals surface area (Å²) in [7, 11) is 2.88. The normalized spacial score (nSPS) is 11.1. The van der Waals surface area contributed by atoms with E-state index < -0.39 is 35.3 Å². The summed E-state index contributed by atoms with van der Waals surface area (Å²) in [5.41, 5.74) is 0.0581. The van der Waals surface area contributed by atoms with E-state index in [1.807, 2.05) is 0 Å². The Labute approximate surface area is 248 Å². The Morgan fingerprint density at radius 2 is 1.70 bits per heavy atom. The highest BCUT2D eigenvalue weighted by Gasteiger charge is 2.22. The molecule has 0 fully saturated rings. The number of carbonyl (C=O) groups is 1. The molecule has 8 nitrogen and oxygen atoms in total. The molecular weight excluding hydrogens is 582 g/mol. The van der Waals surface area contributed by atoms with Crippen molar-refractivity contribution in [3.05, 3.63) is 105 Å². The third-order valence-corrected chi connectivity index (χ3v) is 6.99. The maximum absolute atomic E-state index is 15.2. The number of ether oxygens (including phenoxy) is 3. The minimum atomic E-state index is -1.18. The van der Waals surface area contributed by atoms with Crippen molar-refractivity contribution in [2.24, 2.45) is 0 Å². The smallest absolute Gasteiger partial charge is 0.257 e. The van der Waals surface area contributed by atoms with Crippen LogP contribution in [-0.4, -0.2) is 41.2 Å². The van der Waals surface area contributed by atoms with Crippen molar-refractivity contribution in [1.82, 2.24) is 14.5 Å². The standard InChI is InChI=1S/C32H25F4N3O5/c1-17-29(31(41)20(16-39(17)11-9-33)19-5-6-21(34)22(35)14-19)25(40)13-18-4-7-26(23(36)12-18)44-27-8-10-37-24-15-28(42-2)32(43-3)38-30(24)27/h4-8,10,12,14-16H,9,11,13H2,1-3H3. The quantitative estimate of drug-likeness (QED) is 0.134. The van der Waals surface area contributed by atoms with Gasteiger partial charge in [0.15, 0.2) is 45.9 Å². The van der Waals surface area contributed by atoms with E-state index in [4.69, 9.17) is 14.2 Å². The number of methoxy groups -OCH3 is 2. The van der Waals surface area contributed by atoms with E-state index in [0.29, 0.717) is 16.8 Å². The lowest BCUT2D eigenvalue weighted by molar-refractivity contribution is 0.0990. The van der Waals surface area contributed by atoms with Gasteiger partial charge in [-0.2, -0.15) is 0 Å². The van der Waals surface area contributed by atoms with Gasteiger partial charge in [-0.25, -0.2) is 22.5 Å². The predicted octanol–water partition coefficient (Wildman–Crippen LogP) is 6.39. The number of Topliss-reactive ketones (excluding diaryl/α,β-unsaturated/α-hetero) is 1. The molecule has 2 aromatic carbocycles. The van der Waals surface area contributed by atoms with Gasteiger partial charge < -0.3 is 18.8 Å². The molecule has 0 unspecified atom stereocenters. The van der Waals surface area contributed by atoms with Crippen LogP contribution >= 0.6 is 0 Å². The van der Waals surface area contributed by atoms with Gasteiger partial charge in [-0.1, -0.05) is 12.1 Å². The number of ketones is 1. The molecule has 0 spiro atoms. The summed E-state index contributed by atoms with van der Waals surface area (Å²) in [5, 5.41) is 0. The molecule has 0 bridgehead atoms. The molecule has 5 rings (SSSR count). The van der Waals surface area contributed by atoms with Gasteiger partial charge in [-0.15, -0.1) is 0 Å². The Hall–Kier alpha value is -5.26. The molecule has 0 aliphatic carbocycles. The fraction of sp³-hybridized carbons (Fsp3) is 0.188. The van der Waals surface area contributed by atoms with Gasteiger partial charge in [0.25, 0.3) is 5.88 Å². The first kappa shape index (κ1) is 30.2. The number of fused-ring (bicyclic) bond motifs is 1. The molecule has 5 aromatic rings. The number of alkyl halides is 1. The highest BCUT2D eigenvalue weighted by atomic mass is 19.2. The molecule has 0 radical (unpaired) electrons. The largest absolute Gasteiger partial charge is 0.491 e. The topological polar surface area (TPSA) is 92.5 Å². The second-order valence-electron chi connectivity index (χ2n) is 9.69. The zero-order valence-electron chi connectivity index (χ0n) is 23.8. The van der Waals surface area contributed by atoms with Crippen LogP contribution in [0.3, 0.4) is 0 Å². The van der Waals surface area contributed by atoms with Crippen LogP contribution < -0.4 is 19.6 Å². The fourth-order valence-electron chi connectivity index (χ4n) is 4.79. The molecule has 44 heavy (non-hydrogen) atoms. The maximum Gasteiger partial charge on any atom is 0.257 e. The second kappa shape index (κ2) is 12.5. The summed E-state index contributed by atoms with van der Waals surface area (Å²) in [6, 6.07) is 9.88. The van der Waals surface area contributed by atoms with Crippen LogP contribution in [0.5, 0.6) is 23.1 Å². The van der Waals surface area contributed by atoms with Crippen LogP contribution in [0.1, 0.15) is 21.6 Å². The zero-order valence-corrected chi connectivity index (χ0v) is 23.8. The average molecular weight is 608 g/mol. The van der Waals surface area contributed by atoms with Gasteiger partial charge in [-0.05, 0) is 42.3 Å². The van der Waals surface area contributed by atoms with Crippen molar-refractivity contribution < 1.29 is 36.6 Å². The van der Waals surface area contributed by atoms with Crippen LogP contribution in [-0.2, 0) is 13.0 Å². The molecule has 0 saturated carbocycles. The summed E-state index contributed by atoms with van der Waals surface area (Å²) >= 11 is 0. The number of hydrogen-bond donors (Lipinski definition) is 0. The number of pyridine rings is 3. The molecule has 12 heteroatoms. The highest BCUT2D eigenvalue weighted by Crippen LogP contribution is 2.35. The molecule has 0 saturated heterocycles. The fourth-order valence-corrected chi connectivity index (χ4v) is 4.79. The van der Waals surface area contributed by atoms with E-state index in [1.54, 1.807) is 6.07 Å². The molecule has 0 N–H and O–H groups in total. The Kier molecular flexibility index (Phi) is 8.61. The average Bonchev–Trinajstić information content (AvgIpc) is 3.00. The molecule has 3 aromatic heterocycles. The van der Waals surface area contributed by atoms with E-state index in [1.165, 1.54) is 62.4 Å². The van der Waals surface area contributed by atoms with Crippen molar-refractivity contribution in [1.29, 1.82) is 0 Å². The lowest BCUT2D eigenvalue weighted by Crippen LogP contribution is -2.25. The molecule has 0 atom stereocenters. The Morgan fingerprint density at radius 3 is 2.39 bits per heavy atom. The Morgan fingerprint density at radius 1 is 0.909 bits per heavy atom. The van der Waals surface area contributed by atoms with Crippen molar-refractivity contribution in [2.75, 3.05) is 20.9 Å². The second-order valence-corrected chi connectivity index (χ2v) is 9.69. The molecular formula is C32H25F4N3O5. The zero-order chi connectivity index (χ0) is 31.5. The van der Waals surface area contributed by atoms with Gasteiger partial charge in [0, 0.05) is 42.2 Å². The summed E-state index contributed by atoms with van der Waals surface area (Å²) in [4.78, 5) is 35.5. The van der Waals surface area contributed by atoms with Gasteiger partial charge in [-0.3, -0.25) is 14.6 Å². The lowest BCUT2D eigenvalue weighted by Gasteiger charge is -2.16. The summed E-state index contributed by atoms with van der Waals surface area (Å²) in [5.74, 6) is -3.17. The van der Waals surface area contributed by atoms with E-state index in [9.17, 15) is 22.8 Å². The summed E-state index contributed by atoms with van der Waals surface area (Å²) in [6.45, 7) is 0.499. The van der Waals surface area contributed by atoms with Gasteiger partial charge in [0.05, 0.1) is 31.8 Å². The third-order valence-electron chi connectivity index (χ3n) is 6.99. The minimum absolute atomic E-state index is 0.0253. The number of hydrogen-bond acceptors (Lipinski definition) is 7. The van der Waals surface area contributed by atoms with Crippen LogP contribution in [0.2, 0.25) is 0 Å². The van der Waals surface area contributed by atoms with Crippen molar-refractivity contribution in [3.63, 3.8) is 0 Å². The van der Waals surface area contributed by atoms with Crippen LogP contribution in [0.25, 0.3) is 22.2 Å². The van der Waals surface area contributed by atoms with Gasteiger partial charge >= 0.3 is 0 Å².